The summed E-state index contributed by atoms with van der Waals surface area (Å²) in [6.07, 6.45) is 0. The number of thioether (sulfide) groups is 1. The number of aromatic nitrogens is 2. The van der Waals surface area contributed by atoms with E-state index in [-0.39, 0.29) is 17.6 Å². The second-order valence-electron chi connectivity index (χ2n) is 4.28. The van der Waals surface area contributed by atoms with Gasteiger partial charge in [0.1, 0.15) is 5.03 Å². The summed E-state index contributed by atoms with van der Waals surface area (Å²) >= 11 is 4.61. The minimum Gasteiger partial charge on any atom is -0.325 e. The number of rotatable bonds is 5. The van der Waals surface area contributed by atoms with Gasteiger partial charge in [-0.1, -0.05) is 27.7 Å². The van der Waals surface area contributed by atoms with Gasteiger partial charge in [-0.15, -0.1) is 10.2 Å². The second-order valence-corrected chi connectivity index (χ2v) is 6.19. The van der Waals surface area contributed by atoms with Crippen LogP contribution in [0.4, 0.5) is 11.5 Å². The Balaban J connectivity index is 1.83. The van der Waals surface area contributed by atoms with Crippen LogP contribution in [0.25, 0.3) is 0 Å². The van der Waals surface area contributed by atoms with E-state index in [0.29, 0.717) is 10.8 Å². The van der Waals surface area contributed by atoms with E-state index in [2.05, 4.69) is 36.8 Å². The molecule has 0 radical (unpaired) electrons. The highest BCUT2D eigenvalue weighted by Crippen LogP contribution is 2.17. The van der Waals surface area contributed by atoms with Gasteiger partial charge < -0.3 is 10.6 Å². The van der Waals surface area contributed by atoms with Crippen LogP contribution in [0.5, 0.6) is 0 Å². The van der Waals surface area contributed by atoms with Crippen molar-refractivity contribution in [2.24, 2.45) is 0 Å². The van der Waals surface area contributed by atoms with Gasteiger partial charge in [-0.3, -0.25) is 9.59 Å². The second kappa shape index (κ2) is 7.90. The quantitative estimate of drug-likeness (QED) is 0.779. The zero-order valence-electron chi connectivity index (χ0n) is 11.7. The molecule has 114 valence electrons. The zero-order chi connectivity index (χ0) is 15.9. The Morgan fingerprint density at radius 3 is 2.41 bits per heavy atom. The first-order chi connectivity index (χ1) is 10.5. The van der Waals surface area contributed by atoms with Gasteiger partial charge in [0.25, 0.3) is 0 Å². The van der Waals surface area contributed by atoms with Crippen molar-refractivity contribution in [3.8, 4) is 0 Å². The maximum atomic E-state index is 11.8. The molecule has 0 saturated heterocycles. The van der Waals surface area contributed by atoms with Gasteiger partial charge >= 0.3 is 0 Å². The molecule has 6 nitrogen and oxygen atoms in total. The lowest BCUT2D eigenvalue weighted by molar-refractivity contribution is -0.114. The highest BCUT2D eigenvalue weighted by Gasteiger charge is 2.06. The van der Waals surface area contributed by atoms with Crippen molar-refractivity contribution in [3.05, 3.63) is 40.9 Å². The van der Waals surface area contributed by atoms with Gasteiger partial charge in [0.15, 0.2) is 5.82 Å². The fourth-order valence-corrected chi connectivity index (χ4v) is 2.39. The van der Waals surface area contributed by atoms with Crippen LogP contribution < -0.4 is 10.6 Å². The number of halogens is 1. The van der Waals surface area contributed by atoms with E-state index in [0.717, 1.165) is 10.2 Å². The number of anilines is 2. The summed E-state index contributed by atoms with van der Waals surface area (Å²) < 4.78 is 0.953. The van der Waals surface area contributed by atoms with E-state index >= 15 is 0 Å². The van der Waals surface area contributed by atoms with Crippen LogP contribution in [-0.4, -0.2) is 27.8 Å². The molecule has 1 aromatic carbocycles. The standard InChI is InChI=1S/C14H13BrN4O2S/c1-9(20)16-12-6-7-14(19-18-12)22-8-13(21)17-11-4-2-10(15)3-5-11/h2-7H,8H2,1H3,(H,17,21)(H,16,18,20). The molecule has 0 atom stereocenters. The van der Waals surface area contributed by atoms with E-state index < -0.39 is 0 Å². The number of hydrogen-bond donors (Lipinski definition) is 2. The number of hydrogen-bond acceptors (Lipinski definition) is 5. The van der Waals surface area contributed by atoms with Crippen LogP contribution in [0.1, 0.15) is 6.92 Å². The third-order valence-electron chi connectivity index (χ3n) is 2.42. The maximum absolute atomic E-state index is 11.8. The molecule has 22 heavy (non-hydrogen) atoms. The van der Waals surface area contributed by atoms with Crippen LogP contribution in [0.2, 0.25) is 0 Å². The first kappa shape index (κ1) is 16.4. The Morgan fingerprint density at radius 2 is 1.82 bits per heavy atom. The predicted octanol–water partition coefficient (Wildman–Crippen LogP) is 2.93. The van der Waals surface area contributed by atoms with E-state index in [4.69, 9.17) is 0 Å². The Hall–Kier alpha value is -1.93. The Labute approximate surface area is 140 Å². The van der Waals surface area contributed by atoms with Gasteiger partial charge in [-0.05, 0) is 36.4 Å². The summed E-state index contributed by atoms with van der Waals surface area (Å²) in [6.45, 7) is 1.40. The molecule has 0 fully saturated rings. The first-order valence-corrected chi connectivity index (χ1v) is 8.10. The largest absolute Gasteiger partial charge is 0.325 e. The Morgan fingerprint density at radius 1 is 1.09 bits per heavy atom. The fraction of sp³-hybridized carbons (Fsp3) is 0.143. The SMILES string of the molecule is CC(=O)Nc1ccc(SCC(=O)Nc2ccc(Br)cc2)nn1. The minimum atomic E-state index is -0.205. The minimum absolute atomic E-state index is 0.125. The van der Waals surface area contributed by atoms with E-state index in [1.807, 2.05) is 24.3 Å². The molecular formula is C14H13BrN4O2S. The average molecular weight is 381 g/mol. The molecule has 0 bridgehead atoms. The van der Waals surface area contributed by atoms with E-state index in [1.54, 1.807) is 12.1 Å². The van der Waals surface area contributed by atoms with Gasteiger partial charge in [-0.25, -0.2) is 0 Å². The third kappa shape index (κ3) is 5.45. The molecule has 2 N–H and O–H groups in total. The van der Waals surface area contributed by atoms with Crippen LogP contribution in [0, 0.1) is 0 Å². The Bertz CT molecular complexity index is 662. The number of carbonyl (C=O) groups excluding carboxylic acids is 2. The molecular weight excluding hydrogens is 368 g/mol. The summed E-state index contributed by atoms with van der Waals surface area (Å²) in [5, 5.41) is 13.7. The molecule has 2 rings (SSSR count). The van der Waals surface area contributed by atoms with Crippen molar-refractivity contribution in [1.29, 1.82) is 0 Å². The van der Waals surface area contributed by atoms with Crippen molar-refractivity contribution in [3.63, 3.8) is 0 Å². The van der Waals surface area contributed by atoms with Crippen molar-refractivity contribution in [2.45, 2.75) is 11.9 Å². The smallest absolute Gasteiger partial charge is 0.234 e. The fourth-order valence-electron chi connectivity index (χ4n) is 1.51. The molecule has 0 aliphatic heterocycles. The van der Waals surface area contributed by atoms with Gasteiger partial charge in [0, 0.05) is 17.1 Å². The molecule has 2 aromatic rings. The van der Waals surface area contributed by atoms with Crippen LogP contribution in [-0.2, 0) is 9.59 Å². The molecule has 0 aliphatic carbocycles. The average Bonchev–Trinajstić information content (AvgIpc) is 2.48. The molecule has 0 spiro atoms. The Kier molecular flexibility index (Phi) is 5.91. The zero-order valence-corrected chi connectivity index (χ0v) is 14.1. The lowest BCUT2D eigenvalue weighted by Crippen LogP contribution is -2.14. The van der Waals surface area contributed by atoms with E-state index in [1.165, 1.54) is 18.7 Å². The van der Waals surface area contributed by atoms with Crippen molar-refractivity contribution < 1.29 is 9.59 Å². The molecule has 1 aromatic heterocycles. The number of carbonyl (C=O) groups is 2. The highest BCUT2D eigenvalue weighted by atomic mass is 79.9. The third-order valence-corrected chi connectivity index (χ3v) is 3.87. The topological polar surface area (TPSA) is 84.0 Å². The van der Waals surface area contributed by atoms with Gasteiger partial charge in [0.05, 0.1) is 5.75 Å². The van der Waals surface area contributed by atoms with Crippen molar-refractivity contribution in [1.82, 2.24) is 10.2 Å². The monoisotopic (exact) mass is 380 g/mol. The van der Waals surface area contributed by atoms with Crippen LogP contribution in [0.15, 0.2) is 45.9 Å². The van der Waals surface area contributed by atoms with Crippen molar-refractivity contribution >= 4 is 51.0 Å². The summed E-state index contributed by atoms with van der Waals surface area (Å²) in [6, 6.07) is 10.7. The number of benzene rings is 1. The summed E-state index contributed by atoms with van der Waals surface area (Å²) in [7, 11) is 0. The number of nitrogens with zero attached hydrogens (tertiary/aromatic N) is 2. The number of nitrogens with one attached hydrogen (secondary N) is 2. The van der Waals surface area contributed by atoms with Crippen molar-refractivity contribution in [2.75, 3.05) is 16.4 Å². The normalized spacial score (nSPS) is 10.1. The number of amides is 2. The molecule has 8 heteroatoms. The summed E-state index contributed by atoms with van der Waals surface area (Å²) in [4.78, 5) is 22.7. The van der Waals surface area contributed by atoms with Crippen LogP contribution in [0.3, 0.4) is 0 Å². The van der Waals surface area contributed by atoms with E-state index in [9.17, 15) is 9.59 Å². The first-order valence-electron chi connectivity index (χ1n) is 6.32. The lowest BCUT2D eigenvalue weighted by atomic mass is 10.3. The molecule has 2 amide bonds. The summed E-state index contributed by atoms with van der Waals surface area (Å²) in [5.41, 5.74) is 0.737. The lowest BCUT2D eigenvalue weighted by Gasteiger charge is -2.05. The predicted molar refractivity (Wildman–Crippen MR) is 89.8 cm³/mol. The van der Waals surface area contributed by atoms with Crippen LogP contribution >= 0.6 is 27.7 Å². The maximum Gasteiger partial charge on any atom is 0.234 e. The molecule has 0 saturated carbocycles. The summed E-state index contributed by atoms with van der Waals surface area (Å²) in [5.74, 6) is 0.282. The molecule has 0 unspecified atom stereocenters. The van der Waals surface area contributed by atoms with Gasteiger partial charge in [0.2, 0.25) is 11.8 Å². The highest BCUT2D eigenvalue weighted by molar-refractivity contribution is 9.10. The van der Waals surface area contributed by atoms with Gasteiger partial charge in [-0.2, -0.15) is 0 Å². The molecule has 0 aliphatic rings. The molecule has 1 heterocycles.